The van der Waals surface area contributed by atoms with Crippen molar-refractivity contribution < 1.29 is 17.9 Å². The van der Waals surface area contributed by atoms with Gasteiger partial charge in [0.1, 0.15) is 10.6 Å². The normalized spacial score (nSPS) is 15.0. The maximum absolute atomic E-state index is 13.5. The van der Waals surface area contributed by atoms with Gasteiger partial charge in [-0.05, 0) is 54.8 Å². The number of hydrogen-bond donors (Lipinski definition) is 0. The van der Waals surface area contributed by atoms with Crippen LogP contribution in [-0.4, -0.2) is 25.9 Å². The summed E-state index contributed by atoms with van der Waals surface area (Å²) in [5.41, 5.74) is 4.21. The van der Waals surface area contributed by atoms with Gasteiger partial charge in [-0.2, -0.15) is 0 Å². The van der Waals surface area contributed by atoms with Gasteiger partial charge in [-0.1, -0.05) is 48.0 Å². The van der Waals surface area contributed by atoms with Crippen molar-refractivity contribution in [2.45, 2.75) is 31.8 Å². The number of hydrogen-bond acceptors (Lipinski definition) is 4. The highest BCUT2D eigenvalue weighted by molar-refractivity contribution is 7.90. The molecule has 0 aromatic heterocycles. The number of rotatable bonds is 5. The number of nitrogens with zero attached hydrogens (tertiary/aromatic N) is 2. The van der Waals surface area contributed by atoms with Crippen molar-refractivity contribution in [3.05, 3.63) is 89.0 Å². The lowest BCUT2D eigenvalue weighted by molar-refractivity contribution is 0.226. The van der Waals surface area contributed by atoms with E-state index in [1.807, 2.05) is 32.0 Å². The number of fused-ring (bicyclic) bond motifs is 1. The van der Waals surface area contributed by atoms with E-state index in [0.29, 0.717) is 17.0 Å². The van der Waals surface area contributed by atoms with Gasteiger partial charge in [0.25, 0.3) is 10.0 Å². The molecule has 1 heterocycles. The molecule has 1 aliphatic rings. The standard InChI is InChI=1S/C24H24N2O4S/c1-17-8-9-18(2)20(14-17)16-25-22-6-4-5-7-23(22)31(28,29)26(24(25)27)15-19-10-12-21(30-3)13-11-19/h4-14H,15-16H2,1-3H3. The van der Waals surface area contributed by atoms with Gasteiger partial charge in [0.15, 0.2) is 0 Å². The highest BCUT2D eigenvalue weighted by Gasteiger charge is 2.41. The van der Waals surface area contributed by atoms with E-state index in [2.05, 4.69) is 0 Å². The number of ether oxygens (including phenoxy) is 1. The number of sulfonamides is 1. The highest BCUT2D eigenvalue weighted by Crippen LogP contribution is 2.36. The summed E-state index contributed by atoms with van der Waals surface area (Å²) in [6, 6.07) is 19.2. The summed E-state index contributed by atoms with van der Waals surface area (Å²) in [5, 5.41) is 0. The molecule has 1 aliphatic heterocycles. The molecule has 0 bridgehead atoms. The van der Waals surface area contributed by atoms with Crippen molar-refractivity contribution in [2.24, 2.45) is 0 Å². The van der Waals surface area contributed by atoms with Crippen molar-refractivity contribution in [1.82, 2.24) is 4.31 Å². The molecule has 0 radical (unpaired) electrons. The molecule has 0 saturated heterocycles. The molecule has 160 valence electrons. The number of methoxy groups -OCH3 is 1. The van der Waals surface area contributed by atoms with Crippen LogP contribution in [0.15, 0.2) is 71.6 Å². The number of benzene rings is 3. The summed E-state index contributed by atoms with van der Waals surface area (Å²) in [7, 11) is -2.41. The Morgan fingerprint density at radius 3 is 2.32 bits per heavy atom. The molecule has 4 rings (SSSR count). The lowest BCUT2D eigenvalue weighted by Gasteiger charge is -2.36. The first-order chi connectivity index (χ1) is 14.8. The first kappa shape index (κ1) is 20.9. The zero-order valence-electron chi connectivity index (χ0n) is 17.7. The van der Waals surface area contributed by atoms with Gasteiger partial charge in [0, 0.05) is 0 Å². The summed E-state index contributed by atoms with van der Waals surface area (Å²) in [6.45, 7) is 4.22. The van der Waals surface area contributed by atoms with Crippen molar-refractivity contribution in [2.75, 3.05) is 12.0 Å². The van der Waals surface area contributed by atoms with E-state index in [9.17, 15) is 13.2 Å². The molecule has 3 aromatic rings. The van der Waals surface area contributed by atoms with Gasteiger partial charge in [-0.15, -0.1) is 0 Å². The summed E-state index contributed by atoms with van der Waals surface area (Å²) >= 11 is 0. The van der Waals surface area contributed by atoms with Crippen molar-refractivity contribution in [3.63, 3.8) is 0 Å². The average molecular weight is 437 g/mol. The minimum atomic E-state index is -3.98. The van der Waals surface area contributed by atoms with Crippen LogP contribution in [0.1, 0.15) is 22.3 Å². The lowest BCUT2D eigenvalue weighted by atomic mass is 10.0. The molecule has 0 saturated carbocycles. The molecular weight excluding hydrogens is 412 g/mol. The largest absolute Gasteiger partial charge is 0.497 e. The van der Waals surface area contributed by atoms with Crippen LogP contribution in [0.3, 0.4) is 0 Å². The summed E-state index contributed by atoms with van der Waals surface area (Å²) in [6.07, 6.45) is 0. The summed E-state index contributed by atoms with van der Waals surface area (Å²) < 4.78 is 32.7. The second-order valence-electron chi connectivity index (χ2n) is 7.63. The third kappa shape index (κ3) is 3.88. The molecule has 0 unspecified atom stereocenters. The van der Waals surface area contributed by atoms with E-state index in [-0.39, 0.29) is 18.0 Å². The molecule has 2 amide bonds. The molecule has 0 fully saturated rings. The predicted molar refractivity (Wildman–Crippen MR) is 120 cm³/mol. The van der Waals surface area contributed by atoms with Crippen molar-refractivity contribution in [1.29, 1.82) is 0 Å². The quantitative estimate of drug-likeness (QED) is 0.584. The second kappa shape index (κ2) is 8.07. The first-order valence-corrected chi connectivity index (χ1v) is 11.4. The fourth-order valence-electron chi connectivity index (χ4n) is 3.70. The van der Waals surface area contributed by atoms with Gasteiger partial charge >= 0.3 is 6.03 Å². The number of carbonyl (C=O) groups excluding carboxylic acids is 1. The van der Waals surface area contributed by atoms with E-state index in [1.165, 1.54) is 0 Å². The smallest absolute Gasteiger partial charge is 0.339 e. The highest BCUT2D eigenvalue weighted by atomic mass is 32.2. The fraction of sp³-hybridized carbons (Fsp3) is 0.208. The third-order valence-electron chi connectivity index (χ3n) is 5.49. The average Bonchev–Trinajstić information content (AvgIpc) is 2.77. The molecular formula is C24H24N2O4S. The number of carbonyl (C=O) groups is 1. The maximum atomic E-state index is 13.5. The van der Waals surface area contributed by atoms with E-state index < -0.39 is 16.1 Å². The van der Waals surface area contributed by atoms with E-state index in [4.69, 9.17) is 4.74 Å². The Hall–Kier alpha value is -3.32. The number of urea groups is 1. The number of aryl methyl sites for hydroxylation is 2. The van der Waals surface area contributed by atoms with Crippen LogP contribution < -0.4 is 9.64 Å². The van der Waals surface area contributed by atoms with Crippen LogP contribution in [0.5, 0.6) is 5.75 Å². The van der Waals surface area contributed by atoms with Gasteiger partial charge in [0.2, 0.25) is 0 Å². The minimum Gasteiger partial charge on any atom is -0.497 e. The van der Waals surface area contributed by atoms with Crippen molar-refractivity contribution >= 4 is 21.7 Å². The van der Waals surface area contributed by atoms with E-state index >= 15 is 0 Å². The Balaban J connectivity index is 1.76. The summed E-state index contributed by atoms with van der Waals surface area (Å²) in [4.78, 5) is 15.2. The zero-order valence-corrected chi connectivity index (χ0v) is 18.5. The van der Waals surface area contributed by atoms with Crippen LogP contribution in [0, 0.1) is 13.8 Å². The Bertz CT molecular complexity index is 1240. The first-order valence-electron chi connectivity index (χ1n) is 9.93. The van der Waals surface area contributed by atoms with Crippen LogP contribution in [0.2, 0.25) is 0 Å². The molecule has 0 N–H and O–H groups in total. The van der Waals surface area contributed by atoms with Crippen LogP contribution >= 0.6 is 0 Å². The van der Waals surface area contributed by atoms with E-state index in [1.54, 1.807) is 60.5 Å². The molecule has 0 atom stereocenters. The monoisotopic (exact) mass is 436 g/mol. The molecule has 0 aliphatic carbocycles. The zero-order chi connectivity index (χ0) is 22.2. The predicted octanol–water partition coefficient (Wildman–Crippen LogP) is 4.64. The summed E-state index contributed by atoms with van der Waals surface area (Å²) in [5.74, 6) is 0.665. The minimum absolute atomic E-state index is 0.0528. The van der Waals surface area contributed by atoms with Crippen LogP contribution in [0.4, 0.5) is 10.5 Å². The molecule has 7 heteroatoms. The number of anilines is 1. The SMILES string of the molecule is COc1ccc(CN2C(=O)N(Cc3cc(C)ccc3C)c3ccccc3S2(=O)=O)cc1. The maximum Gasteiger partial charge on any atom is 0.339 e. The second-order valence-corrected chi connectivity index (χ2v) is 9.46. The number of para-hydroxylation sites is 1. The van der Waals surface area contributed by atoms with Gasteiger partial charge in [-0.3, -0.25) is 4.90 Å². The van der Waals surface area contributed by atoms with Gasteiger partial charge < -0.3 is 4.74 Å². The lowest BCUT2D eigenvalue weighted by Crippen LogP contribution is -2.50. The van der Waals surface area contributed by atoms with Gasteiger partial charge in [-0.25, -0.2) is 17.5 Å². The Labute approximate surface area is 182 Å². The Kier molecular flexibility index (Phi) is 5.45. The molecule has 3 aromatic carbocycles. The fourth-order valence-corrected chi connectivity index (χ4v) is 5.25. The molecule has 31 heavy (non-hydrogen) atoms. The van der Waals surface area contributed by atoms with Crippen LogP contribution in [0.25, 0.3) is 0 Å². The molecule has 0 spiro atoms. The van der Waals surface area contributed by atoms with E-state index in [0.717, 1.165) is 21.0 Å². The van der Waals surface area contributed by atoms with Gasteiger partial charge in [0.05, 0.1) is 25.9 Å². The third-order valence-corrected chi connectivity index (χ3v) is 7.25. The molecule has 6 nitrogen and oxygen atoms in total. The van der Waals surface area contributed by atoms with Crippen molar-refractivity contribution in [3.8, 4) is 5.75 Å². The van der Waals surface area contributed by atoms with Crippen LogP contribution in [-0.2, 0) is 23.1 Å². The Morgan fingerprint density at radius 2 is 1.61 bits per heavy atom. The number of amides is 2. The topological polar surface area (TPSA) is 66.9 Å². The Morgan fingerprint density at radius 1 is 0.903 bits per heavy atom.